The SMILES string of the molecule is COc1ccc(CC[C@@H](OC(=O)[C@@H]2CCCCN2C(=O)Cc2ccccc2)c2cccc(OCC(=O)NCCCCNC(=O)COc3cccc4c3C(=O)N(C3CCC(=O)NC3=O)C4=O)c2)cc1OC. The molecule has 0 aliphatic carbocycles. The van der Waals surface area contributed by atoms with Gasteiger partial charge in [0.1, 0.15) is 29.7 Å². The number of amides is 7. The number of aryl methyl sites for hydroxylation is 1. The van der Waals surface area contributed by atoms with Crippen molar-refractivity contribution in [2.24, 2.45) is 0 Å². The predicted octanol–water partition coefficient (Wildman–Crippen LogP) is 4.42. The molecule has 0 radical (unpaired) electrons. The van der Waals surface area contributed by atoms with E-state index >= 15 is 0 Å². The van der Waals surface area contributed by atoms with Crippen LogP contribution in [0.2, 0.25) is 0 Å². The number of nitrogens with zero attached hydrogens (tertiary/aromatic N) is 2. The summed E-state index contributed by atoms with van der Waals surface area (Å²) in [6.45, 7) is 0.323. The Morgan fingerprint density at radius 1 is 0.729 bits per heavy atom. The second kappa shape index (κ2) is 24.0. The second-order valence-electron chi connectivity index (χ2n) is 17.1. The molecule has 3 aliphatic heterocycles. The lowest BCUT2D eigenvalue weighted by Gasteiger charge is -2.35. The van der Waals surface area contributed by atoms with Gasteiger partial charge < -0.3 is 39.2 Å². The molecular formula is C52H57N5O13. The summed E-state index contributed by atoms with van der Waals surface area (Å²) in [5.74, 6) is -2.51. The van der Waals surface area contributed by atoms with E-state index in [0.29, 0.717) is 68.0 Å². The molecule has 7 amide bonds. The van der Waals surface area contributed by atoms with Crippen LogP contribution in [0.5, 0.6) is 23.0 Å². The Balaban J connectivity index is 0.875. The number of hydrogen-bond acceptors (Lipinski definition) is 13. The highest BCUT2D eigenvalue weighted by Crippen LogP contribution is 2.35. The number of imide groups is 2. The molecule has 4 aromatic carbocycles. The van der Waals surface area contributed by atoms with Crippen molar-refractivity contribution in [3.8, 4) is 23.0 Å². The maximum absolute atomic E-state index is 14.0. The zero-order valence-electron chi connectivity index (χ0n) is 39.2. The van der Waals surface area contributed by atoms with Crippen molar-refractivity contribution in [3.63, 3.8) is 0 Å². The standard InChI is InChI=1S/C52H57N5O13/c1-66-41-23-20-34(28-43(41)67-2)19-22-40(70-52(65)39-17-6-9-27-56(39)47(61)29-33-12-4-3-5-13-33)35-14-10-15-36(30-35)68-31-45(59)53-25-7-8-26-54-46(60)32-69-42-18-11-16-37-48(42)51(64)57(50(37)63)38-21-24-44(58)55-49(38)62/h3-5,10-16,18,20,23,28,30,38-40H,6-9,17,19,21-22,24-27,29,31-32H2,1-2H3,(H,53,59)(H,54,60)(H,55,58,62)/t38?,39-,40+/m0/s1. The quantitative estimate of drug-likeness (QED) is 0.0565. The highest BCUT2D eigenvalue weighted by atomic mass is 16.5. The molecule has 2 saturated heterocycles. The first-order valence-corrected chi connectivity index (χ1v) is 23.4. The summed E-state index contributed by atoms with van der Waals surface area (Å²) in [5, 5.41) is 7.69. The van der Waals surface area contributed by atoms with Gasteiger partial charge in [0.05, 0.1) is 31.8 Å². The number of likely N-dealkylation sites (tertiary alicyclic amines) is 1. The van der Waals surface area contributed by atoms with Crippen molar-refractivity contribution in [1.82, 2.24) is 25.8 Å². The first-order chi connectivity index (χ1) is 33.9. The van der Waals surface area contributed by atoms with Crippen LogP contribution in [0.15, 0.2) is 91.0 Å². The Morgan fingerprint density at radius 3 is 2.19 bits per heavy atom. The minimum absolute atomic E-state index is 0.0103. The van der Waals surface area contributed by atoms with Crippen LogP contribution in [0.4, 0.5) is 0 Å². The third-order valence-corrected chi connectivity index (χ3v) is 12.3. The number of esters is 1. The van der Waals surface area contributed by atoms with Crippen LogP contribution in [-0.2, 0) is 46.3 Å². The summed E-state index contributed by atoms with van der Waals surface area (Å²) < 4.78 is 28.7. The van der Waals surface area contributed by atoms with Gasteiger partial charge in [-0.3, -0.25) is 43.8 Å². The van der Waals surface area contributed by atoms with Gasteiger partial charge in [-0.2, -0.15) is 0 Å². The smallest absolute Gasteiger partial charge is 0.329 e. The Morgan fingerprint density at radius 2 is 1.46 bits per heavy atom. The number of nitrogens with one attached hydrogen (secondary N) is 3. The summed E-state index contributed by atoms with van der Waals surface area (Å²) in [4.78, 5) is 106. The number of ether oxygens (including phenoxy) is 5. The average molecular weight is 960 g/mol. The Labute approximate surface area is 405 Å². The minimum atomic E-state index is -1.13. The van der Waals surface area contributed by atoms with E-state index < -0.39 is 60.3 Å². The largest absolute Gasteiger partial charge is 0.493 e. The summed E-state index contributed by atoms with van der Waals surface area (Å²) in [5.41, 5.74) is 2.44. The number of carbonyl (C=O) groups is 8. The molecule has 70 heavy (non-hydrogen) atoms. The van der Waals surface area contributed by atoms with E-state index in [0.717, 1.165) is 28.9 Å². The third kappa shape index (κ3) is 12.7. The van der Waals surface area contributed by atoms with Gasteiger partial charge in [-0.1, -0.05) is 54.6 Å². The topological polar surface area (TPSA) is 225 Å². The van der Waals surface area contributed by atoms with Crippen LogP contribution in [0.25, 0.3) is 0 Å². The van der Waals surface area contributed by atoms with Crippen LogP contribution >= 0.6 is 0 Å². The van der Waals surface area contributed by atoms with Crippen LogP contribution in [-0.4, -0.2) is 116 Å². The van der Waals surface area contributed by atoms with Crippen LogP contribution in [0.3, 0.4) is 0 Å². The number of methoxy groups -OCH3 is 2. The number of piperidine rings is 2. The first-order valence-electron chi connectivity index (χ1n) is 23.4. The number of unbranched alkanes of at least 4 members (excludes halogenated alkanes) is 1. The molecule has 3 N–H and O–H groups in total. The molecule has 2 fully saturated rings. The third-order valence-electron chi connectivity index (χ3n) is 12.3. The van der Waals surface area contributed by atoms with Crippen molar-refractivity contribution in [1.29, 1.82) is 0 Å². The van der Waals surface area contributed by atoms with E-state index in [2.05, 4.69) is 16.0 Å². The maximum atomic E-state index is 14.0. The summed E-state index contributed by atoms with van der Waals surface area (Å²) in [6, 6.07) is 24.6. The van der Waals surface area contributed by atoms with Crippen molar-refractivity contribution in [3.05, 3.63) is 119 Å². The lowest BCUT2D eigenvalue weighted by molar-refractivity contribution is -0.162. The number of rotatable bonds is 22. The molecule has 1 unspecified atom stereocenters. The van der Waals surface area contributed by atoms with E-state index in [9.17, 15) is 38.4 Å². The highest BCUT2D eigenvalue weighted by molar-refractivity contribution is 6.24. The molecule has 3 heterocycles. The molecule has 0 spiro atoms. The van der Waals surface area contributed by atoms with E-state index in [1.54, 1.807) is 37.3 Å². The zero-order chi connectivity index (χ0) is 49.6. The normalized spacial score (nSPS) is 16.9. The van der Waals surface area contributed by atoms with Crippen molar-refractivity contribution < 1.29 is 62.0 Å². The lowest BCUT2D eigenvalue weighted by atomic mass is 9.99. The summed E-state index contributed by atoms with van der Waals surface area (Å²) >= 11 is 0. The fraction of sp³-hybridized carbons (Fsp3) is 0.385. The number of carbonyl (C=O) groups excluding carboxylic acids is 8. The van der Waals surface area contributed by atoms with Gasteiger partial charge in [0.25, 0.3) is 23.6 Å². The summed E-state index contributed by atoms with van der Waals surface area (Å²) in [7, 11) is 3.13. The number of hydrogen-bond donors (Lipinski definition) is 3. The van der Waals surface area contributed by atoms with Gasteiger partial charge in [0.15, 0.2) is 24.7 Å². The van der Waals surface area contributed by atoms with Crippen LogP contribution in [0.1, 0.15) is 94.9 Å². The van der Waals surface area contributed by atoms with Crippen molar-refractivity contribution >= 4 is 47.3 Å². The van der Waals surface area contributed by atoms with Gasteiger partial charge in [-0.25, -0.2) is 4.79 Å². The fourth-order valence-electron chi connectivity index (χ4n) is 8.70. The van der Waals surface area contributed by atoms with Gasteiger partial charge in [0, 0.05) is 26.1 Å². The molecule has 3 aliphatic rings. The first kappa shape index (κ1) is 50.1. The van der Waals surface area contributed by atoms with E-state index in [1.165, 1.54) is 18.2 Å². The number of benzene rings is 4. The Kier molecular flexibility index (Phi) is 17.2. The maximum Gasteiger partial charge on any atom is 0.329 e. The molecule has 368 valence electrons. The molecule has 18 nitrogen and oxygen atoms in total. The monoisotopic (exact) mass is 959 g/mol. The van der Waals surface area contributed by atoms with E-state index in [4.69, 9.17) is 23.7 Å². The molecule has 0 bridgehead atoms. The molecule has 0 saturated carbocycles. The molecule has 18 heteroatoms. The van der Waals surface area contributed by atoms with E-state index in [1.807, 2.05) is 54.6 Å². The van der Waals surface area contributed by atoms with Crippen molar-refractivity contribution in [2.45, 2.75) is 82.4 Å². The second-order valence-corrected chi connectivity index (χ2v) is 17.1. The Hall–Kier alpha value is -7.76. The highest BCUT2D eigenvalue weighted by Gasteiger charge is 2.46. The molecular weight excluding hydrogens is 903 g/mol. The van der Waals surface area contributed by atoms with E-state index in [-0.39, 0.29) is 61.1 Å². The summed E-state index contributed by atoms with van der Waals surface area (Å²) in [6.07, 6.45) is 3.50. The Bertz CT molecular complexity index is 2590. The molecule has 3 atom stereocenters. The van der Waals surface area contributed by atoms with Gasteiger partial charge in [-0.05, 0) is 104 Å². The molecule has 0 aromatic heterocycles. The fourth-order valence-corrected chi connectivity index (χ4v) is 8.70. The molecule has 7 rings (SSSR count). The number of fused-ring (bicyclic) bond motifs is 1. The minimum Gasteiger partial charge on any atom is -0.493 e. The zero-order valence-corrected chi connectivity index (χ0v) is 39.2. The molecule has 4 aromatic rings. The van der Waals surface area contributed by atoms with Crippen LogP contribution < -0.4 is 34.9 Å². The predicted molar refractivity (Wildman–Crippen MR) is 252 cm³/mol. The van der Waals surface area contributed by atoms with Gasteiger partial charge in [-0.15, -0.1) is 0 Å². The van der Waals surface area contributed by atoms with Gasteiger partial charge in [0.2, 0.25) is 17.7 Å². The average Bonchev–Trinajstić information content (AvgIpc) is 3.63. The van der Waals surface area contributed by atoms with Gasteiger partial charge >= 0.3 is 5.97 Å². The lowest BCUT2D eigenvalue weighted by Crippen LogP contribution is -2.54. The van der Waals surface area contributed by atoms with Crippen molar-refractivity contribution in [2.75, 3.05) is 47.1 Å². The van der Waals surface area contributed by atoms with Crippen LogP contribution in [0, 0.1) is 0 Å².